The monoisotopic (exact) mass is 470 g/mol. The highest BCUT2D eigenvalue weighted by molar-refractivity contribution is 6.04. The van der Waals surface area contributed by atoms with Gasteiger partial charge in [-0.15, -0.1) is 0 Å². The Hall–Kier alpha value is -4.02. The summed E-state index contributed by atoms with van der Waals surface area (Å²) < 4.78 is 13.8. The number of nitrogens with two attached hydrogens (primary N) is 1. The fourth-order valence-electron chi connectivity index (χ4n) is 4.36. The molecule has 0 bridgehead atoms. The second-order valence-corrected chi connectivity index (χ2v) is 8.85. The largest absolute Gasteiger partial charge is 0.331 e. The van der Waals surface area contributed by atoms with Crippen molar-refractivity contribution in [2.45, 2.75) is 44.3 Å². The molecule has 178 valence electrons. The van der Waals surface area contributed by atoms with Gasteiger partial charge in [-0.25, -0.2) is 4.39 Å². The highest BCUT2D eigenvalue weighted by Crippen LogP contribution is 2.26. The molecule has 1 aliphatic carbocycles. The third-order valence-corrected chi connectivity index (χ3v) is 6.36. The van der Waals surface area contributed by atoms with Gasteiger partial charge in [0.15, 0.2) is 0 Å². The lowest BCUT2D eigenvalue weighted by Crippen LogP contribution is -2.43. The predicted octanol–water partition coefficient (Wildman–Crippen LogP) is 4.86. The summed E-state index contributed by atoms with van der Waals surface area (Å²) in [5, 5.41) is 11.7. The molecule has 0 radical (unpaired) electrons. The summed E-state index contributed by atoms with van der Waals surface area (Å²) in [4.78, 5) is 27.7. The van der Waals surface area contributed by atoms with E-state index in [1.165, 1.54) is 12.1 Å². The van der Waals surface area contributed by atoms with E-state index in [4.69, 9.17) is 11.0 Å². The van der Waals surface area contributed by atoms with Gasteiger partial charge in [0.25, 0.3) is 11.8 Å². The Morgan fingerprint density at radius 3 is 2.29 bits per heavy atom. The first-order valence-corrected chi connectivity index (χ1v) is 11.7. The van der Waals surface area contributed by atoms with Crippen LogP contribution in [0.4, 0.5) is 10.1 Å². The minimum atomic E-state index is -0.441. The third kappa shape index (κ3) is 6.11. The first-order valence-electron chi connectivity index (χ1n) is 11.7. The Morgan fingerprint density at radius 1 is 0.971 bits per heavy atom. The molecule has 6 nitrogen and oxygen atoms in total. The molecule has 2 amide bonds. The molecule has 1 aliphatic rings. The second-order valence-electron chi connectivity index (χ2n) is 8.85. The molecule has 3 N–H and O–H groups in total. The standard InChI is InChI=1S/C28H27FN4O2/c29-23-3-1-2-22(16-23)28(35)33(26-14-10-24(31)11-15-26)18-20-6-12-25(13-7-20)32-27(34)21-8-4-19(17-30)5-9-21/h1-9,12-13,16,24,26H,10-11,14-15,18,31H2,(H,32,34). The Bertz CT molecular complexity index is 1230. The van der Waals surface area contributed by atoms with Crippen LogP contribution >= 0.6 is 0 Å². The number of carbonyl (C=O) groups excluding carboxylic acids is 2. The van der Waals surface area contributed by atoms with E-state index in [0.717, 1.165) is 31.2 Å². The molecule has 7 heteroatoms. The van der Waals surface area contributed by atoms with Gasteiger partial charge in [-0.3, -0.25) is 9.59 Å². The van der Waals surface area contributed by atoms with Crippen molar-refractivity contribution in [2.24, 2.45) is 5.73 Å². The number of rotatable bonds is 6. The van der Waals surface area contributed by atoms with Crippen LogP contribution < -0.4 is 11.1 Å². The maximum absolute atomic E-state index is 13.8. The highest BCUT2D eigenvalue weighted by atomic mass is 19.1. The second kappa shape index (κ2) is 10.9. The molecule has 0 unspecified atom stereocenters. The minimum absolute atomic E-state index is 0.0290. The number of halogens is 1. The van der Waals surface area contributed by atoms with Crippen molar-refractivity contribution in [1.29, 1.82) is 5.26 Å². The smallest absolute Gasteiger partial charge is 0.255 e. The lowest BCUT2D eigenvalue weighted by atomic mass is 9.90. The molecule has 35 heavy (non-hydrogen) atoms. The zero-order chi connectivity index (χ0) is 24.8. The molecule has 3 aromatic rings. The van der Waals surface area contributed by atoms with E-state index in [-0.39, 0.29) is 23.9 Å². The normalized spacial score (nSPS) is 17.3. The lowest BCUT2D eigenvalue weighted by Gasteiger charge is -2.36. The Balaban J connectivity index is 1.48. The molecule has 4 rings (SSSR count). The fraction of sp³-hybridized carbons (Fsp3) is 0.250. The van der Waals surface area contributed by atoms with Crippen LogP contribution in [-0.2, 0) is 6.54 Å². The zero-order valence-electron chi connectivity index (χ0n) is 19.3. The minimum Gasteiger partial charge on any atom is -0.331 e. The molecule has 0 atom stereocenters. The number of hydrogen-bond acceptors (Lipinski definition) is 4. The Morgan fingerprint density at radius 2 is 1.66 bits per heavy atom. The van der Waals surface area contributed by atoms with Crippen LogP contribution in [0.2, 0.25) is 0 Å². The van der Waals surface area contributed by atoms with Gasteiger partial charge < -0.3 is 16.0 Å². The van der Waals surface area contributed by atoms with Gasteiger partial charge >= 0.3 is 0 Å². The van der Waals surface area contributed by atoms with Crippen molar-refractivity contribution in [3.05, 3.63) is 101 Å². The lowest BCUT2D eigenvalue weighted by molar-refractivity contribution is 0.0606. The van der Waals surface area contributed by atoms with Crippen molar-refractivity contribution in [2.75, 3.05) is 5.32 Å². The molecule has 3 aromatic carbocycles. The van der Waals surface area contributed by atoms with Gasteiger partial charge in [0.1, 0.15) is 5.82 Å². The number of carbonyl (C=O) groups is 2. The van der Waals surface area contributed by atoms with E-state index >= 15 is 0 Å². The van der Waals surface area contributed by atoms with Crippen LogP contribution in [-0.4, -0.2) is 28.8 Å². The first kappa shape index (κ1) is 24.1. The average molecular weight is 471 g/mol. The van der Waals surface area contributed by atoms with Crippen LogP contribution in [0.5, 0.6) is 0 Å². The van der Waals surface area contributed by atoms with Crippen molar-refractivity contribution in [1.82, 2.24) is 4.90 Å². The number of anilines is 1. The zero-order valence-corrected chi connectivity index (χ0v) is 19.3. The summed E-state index contributed by atoms with van der Waals surface area (Å²) >= 11 is 0. The summed E-state index contributed by atoms with van der Waals surface area (Å²) in [6, 6.07) is 21.7. The quantitative estimate of drug-likeness (QED) is 0.537. The van der Waals surface area contributed by atoms with Crippen LogP contribution in [0, 0.1) is 17.1 Å². The summed E-state index contributed by atoms with van der Waals surface area (Å²) in [6.07, 6.45) is 3.30. The van der Waals surface area contributed by atoms with Gasteiger partial charge in [-0.05, 0) is 85.8 Å². The number of benzene rings is 3. The SMILES string of the molecule is N#Cc1ccc(C(=O)Nc2ccc(CN(C(=O)c3cccc(F)c3)C3CCC(N)CC3)cc2)cc1. The average Bonchev–Trinajstić information content (AvgIpc) is 2.88. The van der Waals surface area contributed by atoms with Gasteiger partial charge in [0.05, 0.1) is 11.6 Å². The summed E-state index contributed by atoms with van der Waals surface area (Å²) in [6.45, 7) is 0.374. The Kier molecular flexibility index (Phi) is 7.54. The van der Waals surface area contributed by atoms with E-state index < -0.39 is 5.82 Å². The third-order valence-electron chi connectivity index (χ3n) is 6.36. The molecule has 1 saturated carbocycles. The van der Waals surface area contributed by atoms with Crippen molar-refractivity contribution in [3.8, 4) is 6.07 Å². The summed E-state index contributed by atoms with van der Waals surface area (Å²) in [5.41, 5.74) is 8.86. The molecular formula is C28H27FN4O2. The van der Waals surface area contributed by atoms with Gasteiger partial charge in [0.2, 0.25) is 0 Å². The number of nitriles is 1. The fourth-order valence-corrected chi connectivity index (χ4v) is 4.36. The van der Waals surface area contributed by atoms with E-state index in [9.17, 15) is 14.0 Å². The van der Waals surface area contributed by atoms with E-state index in [2.05, 4.69) is 5.32 Å². The number of hydrogen-bond donors (Lipinski definition) is 2. The molecule has 0 aromatic heterocycles. The van der Waals surface area contributed by atoms with Crippen LogP contribution in [0.1, 0.15) is 57.5 Å². The first-order chi connectivity index (χ1) is 16.9. The number of nitrogens with zero attached hydrogens (tertiary/aromatic N) is 2. The highest BCUT2D eigenvalue weighted by Gasteiger charge is 2.28. The van der Waals surface area contributed by atoms with Crippen LogP contribution in [0.3, 0.4) is 0 Å². The van der Waals surface area contributed by atoms with Gasteiger partial charge in [-0.1, -0.05) is 18.2 Å². The molecular weight excluding hydrogens is 443 g/mol. The van der Waals surface area contributed by atoms with Crippen molar-refractivity contribution < 1.29 is 14.0 Å². The van der Waals surface area contributed by atoms with E-state index in [1.807, 2.05) is 23.1 Å². The maximum Gasteiger partial charge on any atom is 0.255 e. The van der Waals surface area contributed by atoms with Crippen molar-refractivity contribution >= 4 is 17.5 Å². The van der Waals surface area contributed by atoms with E-state index in [0.29, 0.717) is 28.9 Å². The van der Waals surface area contributed by atoms with Crippen LogP contribution in [0.15, 0.2) is 72.8 Å². The topological polar surface area (TPSA) is 99.2 Å². The molecule has 0 aliphatic heterocycles. The van der Waals surface area contributed by atoms with Gasteiger partial charge in [0, 0.05) is 35.4 Å². The number of nitrogens with one attached hydrogen (secondary N) is 1. The van der Waals surface area contributed by atoms with Crippen molar-refractivity contribution in [3.63, 3.8) is 0 Å². The molecule has 0 saturated heterocycles. The Labute approximate surface area is 204 Å². The number of amides is 2. The molecule has 0 heterocycles. The predicted molar refractivity (Wildman–Crippen MR) is 132 cm³/mol. The molecule has 0 spiro atoms. The summed E-state index contributed by atoms with van der Waals surface area (Å²) in [5.74, 6) is -0.921. The van der Waals surface area contributed by atoms with Crippen LogP contribution in [0.25, 0.3) is 0 Å². The van der Waals surface area contributed by atoms with E-state index in [1.54, 1.807) is 48.5 Å². The van der Waals surface area contributed by atoms with Gasteiger partial charge in [-0.2, -0.15) is 5.26 Å². The molecule has 1 fully saturated rings. The maximum atomic E-state index is 13.8. The summed E-state index contributed by atoms with van der Waals surface area (Å²) in [7, 11) is 0.